The van der Waals surface area contributed by atoms with Crippen molar-refractivity contribution in [1.29, 1.82) is 0 Å². The van der Waals surface area contributed by atoms with Gasteiger partial charge in [0.25, 0.3) is 0 Å². The molecule has 0 spiro atoms. The molecule has 0 aromatic rings. The number of nitrogens with zero attached hydrogens (tertiary/aromatic N) is 1. The summed E-state index contributed by atoms with van der Waals surface area (Å²) in [5, 5.41) is 3.57. The Morgan fingerprint density at radius 1 is 1.24 bits per heavy atom. The van der Waals surface area contributed by atoms with Crippen LogP contribution < -0.4 is 11.1 Å². The molecule has 2 unspecified atom stereocenters. The first-order valence-electron chi connectivity index (χ1n) is 8.83. The van der Waals surface area contributed by atoms with Gasteiger partial charge in [-0.2, -0.15) is 0 Å². The minimum atomic E-state index is -0.420. The molecule has 0 radical (unpaired) electrons. The fraction of sp³-hybridized carbons (Fsp3) is 0.941. The zero-order valence-electron chi connectivity index (χ0n) is 13.6. The third kappa shape index (κ3) is 3.59. The second-order valence-electron chi connectivity index (χ2n) is 7.91. The van der Waals surface area contributed by atoms with Crippen LogP contribution in [0, 0.1) is 5.92 Å². The van der Waals surface area contributed by atoms with Crippen molar-refractivity contribution >= 4 is 5.91 Å². The van der Waals surface area contributed by atoms with Gasteiger partial charge in [0.1, 0.15) is 0 Å². The number of hydrogen-bond acceptors (Lipinski definition) is 3. The second kappa shape index (κ2) is 5.88. The van der Waals surface area contributed by atoms with Crippen LogP contribution >= 0.6 is 0 Å². The topological polar surface area (TPSA) is 58.4 Å². The van der Waals surface area contributed by atoms with E-state index in [1.807, 2.05) is 0 Å². The van der Waals surface area contributed by atoms with E-state index in [4.69, 9.17) is 5.73 Å². The predicted octanol–water partition coefficient (Wildman–Crippen LogP) is 2.03. The number of primary amides is 1. The molecular weight excluding hydrogens is 262 g/mol. The summed E-state index contributed by atoms with van der Waals surface area (Å²) in [6, 6.07) is 1.87. The number of nitrogens with one attached hydrogen (secondary N) is 1. The van der Waals surface area contributed by atoms with Gasteiger partial charge in [-0.3, -0.25) is 9.69 Å². The van der Waals surface area contributed by atoms with Gasteiger partial charge in [-0.25, -0.2) is 0 Å². The van der Waals surface area contributed by atoms with Gasteiger partial charge in [-0.15, -0.1) is 0 Å². The zero-order chi connectivity index (χ0) is 15.0. The molecule has 0 heterocycles. The van der Waals surface area contributed by atoms with E-state index in [1.54, 1.807) is 0 Å². The van der Waals surface area contributed by atoms with Gasteiger partial charge in [0.15, 0.2) is 0 Å². The van der Waals surface area contributed by atoms with Crippen molar-refractivity contribution < 1.29 is 4.79 Å². The van der Waals surface area contributed by atoms with E-state index in [9.17, 15) is 4.79 Å². The number of carbonyl (C=O) groups is 1. The second-order valence-corrected chi connectivity index (χ2v) is 7.91. The van der Waals surface area contributed by atoms with Gasteiger partial charge in [-0.05, 0) is 63.8 Å². The maximum Gasteiger partial charge on any atom is 0.237 e. The first kappa shape index (κ1) is 15.3. The average Bonchev–Trinajstić information content (AvgIpc) is 3.31. The van der Waals surface area contributed by atoms with Gasteiger partial charge >= 0.3 is 0 Å². The summed E-state index contributed by atoms with van der Waals surface area (Å²) in [6.07, 6.45) is 9.33. The fourth-order valence-electron chi connectivity index (χ4n) is 3.82. The zero-order valence-corrected chi connectivity index (χ0v) is 13.6. The highest BCUT2D eigenvalue weighted by Crippen LogP contribution is 2.40. The van der Waals surface area contributed by atoms with Crippen LogP contribution in [0.3, 0.4) is 0 Å². The summed E-state index contributed by atoms with van der Waals surface area (Å²) < 4.78 is 0. The fourth-order valence-corrected chi connectivity index (χ4v) is 3.82. The summed E-state index contributed by atoms with van der Waals surface area (Å²) in [7, 11) is 0. The summed E-state index contributed by atoms with van der Waals surface area (Å²) >= 11 is 0. The van der Waals surface area contributed by atoms with Crippen molar-refractivity contribution in [3.05, 3.63) is 0 Å². The third-order valence-electron chi connectivity index (χ3n) is 5.47. The highest BCUT2D eigenvalue weighted by Gasteiger charge is 2.49. The molecular formula is C17H31N3O. The largest absolute Gasteiger partial charge is 0.368 e. The molecule has 120 valence electrons. The Morgan fingerprint density at radius 2 is 1.95 bits per heavy atom. The third-order valence-corrected chi connectivity index (χ3v) is 5.47. The van der Waals surface area contributed by atoms with E-state index in [0.29, 0.717) is 12.1 Å². The van der Waals surface area contributed by atoms with E-state index in [-0.39, 0.29) is 5.91 Å². The maximum absolute atomic E-state index is 12.0. The molecule has 3 saturated carbocycles. The van der Waals surface area contributed by atoms with Gasteiger partial charge in [-0.1, -0.05) is 13.8 Å². The number of carbonyl (C=O) groups excluding carboxylic acids is 1. The summed E-state index contributed by atoms with van der Waals surface area (Å²) in [6.45, 7) is 5.77. The summed E-state index contributed by atoms with van der Waals surface area (Å²) in [4.78, 5) is 14.7. The maximum atomic E-state index is 12.0. The molecule has 0 aliphatic heterocycles. The lowest BCUT2D eigenvalue weighted by Crippen LogP contribution is -2.55. The molecule has 3 aliphatic carbocycles. The number of rotatable bonds is 8. The summed E-state index contributed by atoms with van der Waals surface area (Å²) in [5.41, 5.74) is 5.35. The standard InChI is InChI=1S/C17H31N3O/c1-12(2)8-10-20(14-5-6-14)15-7-9-17(11-15,16(18)21)19-13-3-4-13/h12-15,19H,3-11H2,1-2H3,(H2,18,21). The lowest BCUT2D eigenvalue weighted by molar-refractivity contribution is -0.124. The Hall–Kier alpha value is -0.610. The van der Waals surface area contributed by atoms with Crippen LogP contribution in [0.15, 0.2) is 0 Å². The lowest BCUT2D eigenvalue weighted by Gasteiger charge is -2.32. The summed E-state index contributed by atoms with van der Waals surface area (Å²) in [5.74, 6) is 0.620. The van der Waals surface area contributed by atoms with Crippen molar-refractivity contribution in [2.75, 3.05) is 6.54 Å². The first-order valence-corrected chi connectivity index (χ1v) is 8.83. The van der Waals surface area contributed by atoms with E-state index >= 15 is 0 Å². The molecule has 0 saturated heterocycles. The Labute approximate surface area is 128 Å². The SMILES string of the molecule is CC(C)CCN(C1CC1)C1CCC(NC2CC2)(C(N)=O)C1. The number of amides is 1. The van der Waals surface area contributed by atoms with Crippen LogP contribution in [-0.4, -0.2) is 41.0 Å². The Bertz CT molecular complexity index is 389. The van der Waals surface area contributed by atoms with E-state index in [0.717, 1.165) is 31.2 Å². The first-order chi connectivity index (χ1) is 10.00. The van der Waals surface area contributed by atoms with Crippen LogP contribution in [0.5, 0.6) is 0 Å². The minimum absolute atomic E-state index is 0.128. The van der Waals surface area contributed by atoms with Crippen LogP contribution in [0.2, 0.25) is 0 Å². The molecule has 21 heavy (non-hydrogen) atoms. The van der Waals surface area contributed by atoms with E-state index in [2.05, 4.69) is 24.1 Å². The highest BCUT2D eigenvalue weighted by atomic mass is 16.1. The molecule has 4 heteroatoms. The molecule has 0 aromatic carbocycles. The van der Waals surface area contributed by atoms with Gasteiger partial charge in [0.2, 0.25) is 5.91 Å². The molecule has 0 bridgehead atoms. The monoisotopic (exact) mass is 293 g/mol. The van der Waals surface area contributed by atoms with Crippen LogP contribution in [0.1, 0.15) is 65.2 Å². The quantitative estimate of drug-likeness (QED) is 0.720. The molecule has 3 fully saturated rings. The van der Waals surface area contributed by atoms with Crippen LogP contribution in [-0.2, 0) is 4.79 Å². The van der Waals surface area contributed by atoms with Gasteiger partial charge in [0.05, 0.1) is 5.54 Å². The highest BCUT2D eigenvalue weighted by molar-refractivity contribution is 5.85. The van der Waals surface area contributed by atoms with Gasteiger partial charge in [0, 0.05) is 18.1 Å². The minimum Gasteiger partial charge on any atom is -0.368 e. The molecule has 3 aliphatic rings. The molecule has 1 amide bonds. The normalized spacial score (nSPS) is 33.0. The van der Waals surface area contributed by atoms with Crippen molar-refractivity contribution in [2.45, 2.75) is 88.9 Å². The van der Waals surface area contributed by atoms with E-state index < -0.39 is 5.54 Å². The molecule has 4 nitrogen and oxygen atoms in total. The smallest absolute Gasteiger partial charge is 0.237 e. The van der Waals surface area contributed by atoms with Crippen molar-refractivity contribution in [3.8, 4) is 0 Å². The lowest BCUT2D eigenvalue weighted by atomic mass is 9.95. The molecule has 3 rings (SSSR count). The van der Waals surface area contributed by atoms with Crippen molar-refractivity contribution in [1.82, 2.24) is 10.2 Å². The molecule has 0 aromatic heterocycles. The number of nitrogens with two attached hydrogens (primary N) is 1. The Morgan fingerprint density at radius 3 is 2.48 bits per heavy atom. The Kier molecular flexibility index (Phi) is 4.28. The molecule has 2 atom stereocenters. The molecule has 3 N–H and O–H groups in total. The van der Waals surface area contributed by atoms with E-state index in [1.165, 1.54) is 38.6 Å². The van der Waals surface area contributed by atoms with Crippen LogP contribution in [0.4, 0.5) is 0 Å². The number of hydrogen-bond donors (Lipinski definition) is 2. The van der Waals surface area contributed by atoms with Crippen molar-refractivity contribution in [2.24, 2.45) is 11.7 Å². The predicted molar refractivity (Wildman–Crippen MR) is 84.9 cm³/mol. The van der Waals surface area contributed by atoms with Gasteiger partial charge < -0.3 is 11.1 Å². The van der Waals surface area contributed by atoms with Crippen LogP contribution in [0.25, 0.3) is 0 Å². The average molecular weight is 293 g/mol. The van der Waals surface area contributed by atoms with Crippen molar-refractivity contribution in [3.63, 3.8) is 0 Å². The Balaban J connectivity index is 1.63.